The fraction of sp³-hybridized carbons (Fsp3) is 0.583. The minimum atomic E-state index is -0.0247. The number of halogens is 1. The molecule has 98 valence electrons. The molecule has 0 aliphatic rings. The third-order valence-electron chi connectivity index (χ3n) is 2.55. The highest BCUT2D eigenvalue weighted by molar-refractivity contribution is 9.09. The average molecular weight is 313 g/mol. The predicted octanol–water partition coefficient (Wildman–Crippen LogP) is 3.07. The molecule has 18 heavy (non-hydrogen) atoms. The molecule has 0 saturated heterocycles. The van der Waals surface area contributed by atoms with E-state index < -0.39 is 0 Å². The number of rotatable bonds is 3. The van der Waals surface area contributed by atoms with E-state index in [0.29, 0.717) is 12.4 Å². The third kappa shape index (κ3) is 2.98. The second kappa shape index (κ2) is 4.84. The summed E-state index contributed by atoms with van der Waals surface area (Å²) in [6.45, 7) is 8.80. The van der Waals surface area contributed by atoms with Gasteiger partial charge in [0, 0.05) is 5.41 Å². The van der Waals surface area contributed by atoms with Crippen molar-refractivity contribution < 1.29 is 4.42 Å². The van der Waals surface area contributed by atoms with Crippen molar-refractivity contribution >= 4 is 15.9 Å². The number of alkyl halides is 1. The van der Waals surface area contributed by atoms with Crippen molar-refractivity contribution in [2.75, 3.05) is 0 Å². The first-order chi connectivity index (χ1) is 8.36. The molecular weight excluding hydrogens is 296 g/mol. The van der Waals surface area contributed by atoms with E-state index in [1.165, 1.54) is 0 Å². The van der Waals surface area contributed by atoms with Gasteiger partial charge in [-0.2, -0.15) is 0 Å². The first-order valence-electron chi connectivity index (χ1n) is 5.85. The lowest BCUT2D eigenvalue weighted by Gasteiger charge is -2.12. The molecule has 0 radical (unpaired) electrons. The summed E-state index contributed by atoms with van der Waals surface area (Å²) in [7, 11) is 0. The zero-order chi connectivity index (χ0) is 13.3. The maximum atomic E-state index is 5.71. The third-order valence-corrected chi connectivity index (χ3v) is 3.02. The Morgan fingerprint density at radius 1 is 1.44 bits per heavy atom. The monoisotopic (exact) mass is 312 g/mol. The van der Waals surface area contributed by atoms with Gasteiger partial charge < -0.3 is 4.42 Å². The van der Waals surface area contributed by atoms with E-state index in [1.54, 1.807) is 10.9 Å². The molecule has 0 fully saturated rings. The van der Waals surface area contributed by atoms with Gasteiger partial charge in [-0.15, -0.1) is 5.10 Å². The van der Waals surface area contributed by atoms with Crippen LogP contribution in [0.4, 0.5) is 0 Å². The van der Waals surface area contributed by atoms with Crippen molar-refractivity contribution in [1.82, 2.24) is 20.0 Å². The van der Waals surface area contributed by atoms with E-state index in [2.05, 4.69) is 52.0 Å². The molecule has 0 aliphatic heterocycles. The van der Waals surface area contributed by atoms with Gasteiger partial charge in [0.1, 0.15) is 12.3 Å². The summed E-state index contributed by atoms with van der Waals surface area (Å²) in [5.41, 5.74) is 0.876. The molecule has 2 aromatic rings. The maximum absolute atomic E-state index is 5.71. The van der Waals surface area contributed by atoms with Gasteiger partial charge in [0.2, 0.25) is 5.89 Å². The Balaban J connectivity index is 2.11. The van der Waals surface area contributed by atoms with Crippen LogP contribution in [0.1, 0.15) is 49.9 Å². The first-order valence-corrected chi connectivity index (χ1v) is 6.77. The minimum absolute atomic E-state index is 0.0247. The Bertz CT molecular complexity index is 524. The molecule has 2 heterocycles. The zero-order valence-electron chi connectivity index (χ0n) is 11.0. The van der Waals surface area contributed by atoms with E-state index >= 15 is 0 Å². The molecule has 1 atom stereocenters. The summed E-state index contributed by atoms with van der Waals surface area (Å²) in [5, 5.41) is 8.10. The van der Waals surface area contributed by atoms with Crippen molar-refractivity contribution in [1.29, 1.82) is 0 Å². The van der Waals surface area contributed by atoms with Crippen LogP contribution in [0.2, 0.25) is 0 Å². The van der Waals surface area contributed by atoms with Crippen LogP contribution in [0.25, 0.3) is 0 Å². The number of oxazole rings is 1. The second-order valence-corrected chi connectivity index (χ2v) is 6.70. The number of aromatic nitrogens is 4. The molecule has 1 unspecified atom stereocenters. The van der Waals surface area contributed by atoms with Gasteiger partial charge in [-0.25, -0.2) is 9.67 Å². The minimum Gasteiger partial charge on any atom is -0.443 e. The van der Waals surface area contributed by atoms with Crippen molar-refractivity contribution in [3.8, 4) is 0 Å². The fourth-order valence-electron chi connectivity index (χ4n) is 1.44. The van der Waals surface area contributed by atoms with E-state index in [-0.39, 0.29) is 10.2 Å². The van der Waals surface area contributed by atoms with E-state index in [1.807, 2.05) is 13.1 Å². The van der Waals surface area contributed by atoms with Gasteiger partial charge in [-0.1, -0.05) is 41.9 Å². The van der Waals surface area contributed by atoms with Crippen LogP contribution < -0.4 is 0 Å². The van der Waals surface area contributed by atoms with E-state index in [4.69, 9.17) is 4.42 Å². The zero-order valence-corrected chi connectivity index (χ0v) is 12.6. The largest absolute Gasteiger partial charge is 0.443 e. The molecule has 0 aliphatic carbocycles. The quantitative estimate of drug-likeness (QED) is 0.817. The Hall–Kier alpha value is -1.17. The van der Waals surface area contributed by atoms with Gasteiger partial charge in [-0.3, -0.25) is 0 Å². The molecule has 0 aromatic carbocycles. The lowest BCUT2D eigenvalue weighted by atomic mass is 9.94. The van der Waals surface area contributed by atoms with Crippen LogP contribution in [0, 0.1) is 0 Å². The number of hydrogen-bond acceptors (Lipinski definition) is 4. The van der Waals surface area contributed by atoms with E-state index in [9.17, 15) is 0 Å². The molecule has 6 heteroatoms. The Labute approximate surface area is 115 Å². The smallest absolute Gasteiger partial charge is 0.216 e. The Kier molecular flexibility index (Phi) is 3.56. The molecule has 0 spiro atoms. The van der Waals surface area contributed by atoms with Gasteiger partial charge in [-0.05, 0) is 6.92 Å². The van der Waals surface area contributed by atoms with Crippen molar-refractivity contribution in [2.24, 2.45) is 0 Å². The Morgan fingerprint density at radius 2 is 2.17 bits per heavy atom. The molecule has 0 N–H and O–H groups in total. The average Bonchev–Trinajstić information content (AvgIpc) is 2.85. The van der Waals surface area contributed by atoms with Gasteiger partial charge >= 0.3 is 0 Å². The van der Waals surface area contributed by atoms with Crippen LogP contribution in [0.15, 0.2) is 16.8 Å². The van der Waals surface area contributed by atoms with Crippen molar-refractivity contribution in [3.63, 3.8) is 0 Å². The summed E-state index contributed by atoms with van der Waals surface area (Å²) in [6, 6.07) is 0. The highest BCUT2D eigenvalue weighted by atomic mass is 79.9. The van der Waals surface area contributed by atoms with Crippen LogP contribution in [-0.2, 0) is 12.0 Å². The normalized spacial score (nSPS) is 13.8. The van der Waals surface area contributed by atoms with Crippen molar-refractivity contribution in [3.05, 3.63) is 29.7 Å². The molecule has 2 rings (SSSR count). The topological polar surface area (TPSA) is 56.7 Å². The summed E-state index contributed by atoms with van der Waals surface area (Å²) >= 11 is 3.46. The van der Waals surface area contributed by atoms with Crippen LogP contribution in [-0.4, -0.2) is 20.0 Å². The number of hydrogen-bond donors (Lipinski definition) is 0. The molecule has 5 nitrogen and oxygen atoms in total. The van der Waals surface area contributed by atoms with Crippen LogP contribution in [0.3, 0.4) is 0 Å². The fourth-order valence-corrected chi connectivity index (χ4v) is 1.65. The second-order valence-electron chi connectivity index (χ2n) is 5.33. The lowest BCUT2D eigenvalue weighted by Crippen LogP contribution is -2.09. The predicted molar refractivity (Wildman–Crippen MR) is 71.7 cm³/mol. The van der Waals surface area contributed by atoms with Gasteiger partial charge in [0.25, 0.3) is 0 Å². The van der Waals surface area contributed by atoms with Gasteiger partial charge in [0.15, 0.2) is 0 Å². The highest BCUT2D eigenvalue weighted by Gasteiger charge is 2.19. The maximum Gasteiger partial charge on any atom is 0.216 e. The summed E-state index contributed by atoms with van der Waals surface area (Å²) in [4.78, 5) is 4.46. The Morgan fingerprint density at radius 3 is 2.67 bits per heavy atom. The molecule has 2 aromatic heterocycles. The number of nitrogens with zero attached hydrogens (tertiary/aromatic N) is 4. The molecular formula is C12H17BrN4O. The van der Waals surface area contributed by atoms with Crippen LogP contribution >= 0.6 is 15.9 Å². The SMILES string of the molecule is CC(Br)c1cn(Cc2ncc(C(C)(C)C)o2)nn1. The lowest BCUT2D eigenvalue weighted by molar-refractivity contribution is 0.371. The summed E-state index contributed by atoms with van der Waals surface area (Å²) in [6.07, 6.45) is 3.67. The summed E-state index contributed by atoms with van der Waals surface area (Å²) < 4.78 is 7.44. The summed E-state index contributed by atoms with van der Waals surface area (Å²) in [5.74, 6) is 1.53. The van der Waals surface area contributed by atoms with Crippen LogP contribution in [0.5, 0.6) is 0 Å². The molecule has 0 saturated carbocycles. The molecule has 0 amide bonds. The van der Waals surface area contributed by atoms with Gasteiger partial charge in [0.05, 0.1) is 22.9 Å². The first kappa shape index (κ1) is 13.3. The van der Waals surface area contributed by atoms with Crippen molar-refractivity contribution in [2.45, 2.75) is 44.5 Å². The molecule has 0 bridgehead atoms. The highest BCUT2D eigenvalue weighted by Crippen LogP contribution is 2.23. The van der Waals surface area contributed by atoms with E-state index in [0.717, 1.165) is 11.5 Å². The standard InChI is InChI=1S/C12H17BrN4O/c1-8(13)9-6-17(16-15-9)7-11-14-5-10(18-11)12(2,3)4/h5-6,8H,7H2,1-4H3.